The highest BCUT2D eigenvalue weighted by Gasteiger charge is 2.31. The molecule has 6 nitrogen and oxygen atoms in total. The van der Waals surface area contributed by atoms with Crippen molar-refractivity contribution in [2.45, 2.75) is 25.2 Å². The Kier molecular flexibility index (Phi) is 3.21. The standard InChI is InChI=1S/C10H15N3O3/c14-8-5-13(6-9(8)15)10(16)1-3-12-4-2-11-7-12/h2,4,7-9,14-15H,1,3,5-6H2/t8-,9+. The van der Waals surface area contributed by atoms with Crippen LogP contribution in [0.3, 0.4) is 0 Å². The van der Waals surface area contributed by atoms with E-state index in [-0.39, 0.29) is 19.0 Å². The molecule has 2 heterocycles. The molecule has 1 fully saturated rings. The Bertz CT molecular complexity index is 342. The number of carbonyl (C=O) groups is 1. The Labute approximate surface area is 93.1 Å². The second-order valence-electron chi connectivity index (χ2n) is 3.98. The molecular weight excluding hydrogens is 210 g/mol. The lowest BCUT2D eigenvalue weighted by atomic mass is 10.3. The first kappa shape index (κ1) is 11.1. The highest BCUT2D eigenvalue weighted by Crippen LogP contribution is 2.11. The van der Waals surface area contributed by atoms with E-state index in [9.17, 15) is 15.0 Å². The highest BCUT2D eigenvalue weighted by atomic mass is 16.3. The molecule has 2 atom stereocenters. The summed E-state index contributed by atoms with van der Waals surface area (Å²) in [6, 6.07) is 0. The number of carbonyl (C=O) groups excluding carboxylic acids is 1. The van der Waals surface area contributed by atoms with Gasteiger partial charge in [0.25, 0.3) is 0 Å². The van der Waals surface area contributed by atoms with Crippen LogP contribution in [-0.2, 0) is 11.3 Å². The molecule has 0 aliphatic carbocycles. The normalized spacial score (nSPS) is 25.0. The van der Waals surface area contributed by atoms with Crippen LogP contribution in [0, 0.1) is 0 Å². The predicted molar refractivity (Wildman–Crippen MR) is 55.4 cm³/mol. The monoisotopic (exact) mass is 225 g/mol. The van der Waals surface area contributed by atoms with Crippen LogP contribution in [0.4, 0.5) is 0 Å². The van der Waals surface area contributed by atoms with Gasteiger partial charge in [0.2, 0.25) is 5.91 Å². The van der Waals surface area contributed by atoms with Gasteiger partial charge < -0.3 is 19.7 Å². The van der Waals surface area contributed by atoms with Crippen LogP contribution in [0.1, 0.15) is 6.42 Å². The first-order chi connectivity index (χ1) is 7.66. The van der Waals surface area contributed by atoms with E-state index in [1.165, 1.54) is 4.90 Å². The Morgan fingerprint density at radius 2 is 2.06 bits per heavy atom. The average molecular weight is 225 g/mol. The van der Waals surface area contributed by atoms with Gasteiger partial charge in [-0.25, -0.2) is 4.98 Å². The van der Waals surface area contributed by atoms with E-state index < -0.39 is 12.2 Å². The summed E-state index contributed by atoms with van der Waals surface area (Å²) in [5.74, 6) is -0.0516. The molecule has 1 aromatic heterocycles. The number of aliphatic hydroxyl groups excluding tert-OH is 2. The van der Waals surface area contributed by atoms with Gasteiger partial charge >= 0.3 is 0 Å². The molecule has 1 aromatic rings. The smallest absolute Gasteiger partial charge is 0.224 e. The largest absolute Gasteiger partial charge is 0.388 e. The summed E-state index contributed by atoms with van der Waals surface area (Å²) in [6.07, 6.45) is 3.85. The highest BCUT2D eigenvalue weighted by molar-refractivity contribution is 5.76. The number of β-amino-alcohol motifs (C(OH)–C–C–N with tert-alkyl or cyclic N) is 2. The van der Waals surface area contributed by atoms with Crippen molar-refractivity contribution in [1.29, 1.82) is 0 Å². The zero-order valence-electron chi connectivity index (χ0n) is 8.86. The van der Waals surface area contributed by atoms with Gasteiger partial charge in [-0.3, -0.25) is 4.79 Å². The van der Waals surface area contributed by atoms with E-state index >= 15 is 0 Å². The van der Waals surface area contributed by atoms with Gasteiger partial charge in [0.15, 0.2) is 0 Å². The first-order valence-corrected chi connectivity index (χ1v) is 5.26. The van der Waals surface area contributed by atoms with E-state index in [0.717, 1.165) is 0 Å². The lowest BCUT2D eigenvalue weighted by molar-refractivity contribution is -0.130. The van der Waals surface area contributed by atoms with Crippen molar-refractivity contribution in [3.63, 3.8) is 0 Å². The summed E-state index contributed by atoms with van der Waals surface area (Å²) >= 11 is 0. The number of aromatic nitrogens is 2. The van der Waals surface area contributed by atoms with E-state index in [0.29, 0.717) is 13.0 Å². The second-order valence-corrected chi connectivity index (χ2v) is 3.98. The quantitative estimate of drug-likeness (QED) is 0.680. The zero-order chi connectivity index (χ0) is 11.5. The Hall–Kier alpha value is -1.40. The molecule has 2 N–H and O–H groups in total. The number of aliphatic hydroxyl groups is 2. The lowest BCUT2D eigenvalue weighted by Gasteiger charge is -2.15. The predicted octanol–water partition coefficient (Wildman–Crippen LogP) is -1.16. The zero-order valence-corrected chi connectivity index (χ0v) is 8.86. The van der Waals surface area contributed by atoms with Crippen molar-refractivity contribution < 1.29 is 15.0 Å². The summed E-state index contributed by atoms with van der Waals surface area (Å²) in [6.45, 7) is 1.02. The Morgan fingerprint density at radius 3 is 2.62 bits per heavy atom. The van der Waals surface area contributed by atoms with Crippen LogP contribution in [0.2, 0.25) is 0 Å². The summed E-state index contributed by atoms with van der Waals surface area (Å²) < 4.78 is 1.82. The van der Waals surface area contributed by atoms with Gasteiger partial charge in [0.05, 0.1) is 18.5 Å². The molecule has 1 saturated heterocycles. The minimum atomic E-state index is -0.808. The molecule has 0 unspecified atom stereocenters. The Morgan fingerprint density at radius 1 is 1.38 bits per heavy atom. The molecule has 6 heteroatoms. The van der Waals surface area contributed by atoms with E-state index in [1.807, 2.05) is 4.57 Å². The van der Waals surface area contributed by atoms with Crippen molar-refractivity contribution >= 4 is 5.91 Å². The second kappa shape index (κ2) is 4.63. The number of amides is 1. The number of rotatable bonds is 3. The van der Waals surface area contributed by atoms with E-state index in [2.05, 4.69) is 4.98 Å². The molecule has 88 valence electrons. The number of nitrogens with zero attached hydrogens (tertiary/aromatic N) is 3. The van der Waals surface area contributed by atoms with Crippen LogP contribution in [0.25, 0.3) is 0 Å². The molecule has 16 heavy (non-hydrogen) atoms. The van der Waals surface area contributed by atoms with Gasteiger partial charge in [0.1, 0.15) is 0 Å². The third kappa shape index (κ3) is 2.40. The van der Waals surface area contributed by atoms with Crippen molar-refractivity contribution in [3.05, 3.63) is 18.7 Å². The minimum Gasteiger partial charge on any atom is -0.388 e. The summed E-state index contributed by atoms with van der Waals surface area (Å²) in [4.78, 5) is 17.1. The van der Waals surface area contributed by atoms with Gasteiger partial charge in [-0.05, 0) is 0 Å². The van der Waals surface area contributed by atoms with Crippen molar-refractivity contribution in [1.82, 2.24) is 14.5 Å². The van der Waals surface area contributed by atoms with Crippen LogP contribution in [0.15, 0.2) is 18.7 Å². The van der Waals surface area contributed by atoms with Crippen LogP contribution in [-0.4, -0.2) is 55.9 Å². The first-order valence-electron chi connectivity index (χ1n) is 5.26. The SMILES string of the molecule is O=C(CCn1ccnc1)N1C[C@@H](O)[C@@H](O)C1. The maximum atomic E-state index is 11.7. The number of hydrogen-bond acceptors (Lipinski definition) is 4. The maximum Gasteiger partial charge on any atom is 0.224 e. The number of hydrogen-bond donors (Lipinski definition) is 2. The third-order valence-electron chi connectivity index (χ3n) is 2.75. The fourth-order valence-electron chi connectivity index (χ4n) is 1.77. The van der Waals surface area contributed by atoms with Gasteiger partial charge in [-0.1, -0.05) is 0 Å². The fraction of sp³-hybridized carbons (Fsp3) is 0.600. The van der Waals surface area contributed by atoms with E-state index in [1.54, 1.807) is 18.7 Å². The molecule has 0 bridgehead atoms. The molecule has 0 saturated carbocycles. The average Bonchev–Trinajstić information content (AvgIpc) is 2.86. The summed E-state index contributed by atoms with van der Waals surface area (Å²) in [5.41, 5.74) is 0. The number of likely N-dealkylation sites (tertiary alicyclic amines) is 1. The van der Waals surface area contributed by atoms with Crippen molar-refractivity contribution in [3.8, 4) is 0 Å². The van der Waals surface area contributed by atoms with E-state index in [4.69, 9.17) is 0 Å². The summed E-state index contributed by atoms with van der Waals surface area (Å²) in [5, 5.41) is 18.6. The van der Waals surface area contributed by atoms with Crippen molar-refractivity contribution in [2.75, 3.05) is 13.1 Å². The molecule has 0 spiro atoms. The van der Waals surface area contributed by atoms with Gasteiger partial charge in [0, 0.05) is 38.4 Å². The molecular formula is C10H15N3O3. The van der Waals surface area contributed by atoms with Gasteiger partial charge in [-0.2, -0.15) is 0 Å². The molecule has 2 rings (SSSR count). The lowest BCUT2D eigenvalue weighted by Crippen LogP contribution is -2.30. The van der Waals surface area contributed by atoms with Gasteiger partial charge in [-0.15, -0.1) is 0 Å². The minimum absolute atomic E-state index is 0.0516. The van der Waals surface area contributed by atoms with Crippen LogP contribution in [0.5, 0.6) is 0 Å². The molecule has 0 radical (unpaired) electrons. The Balaban J connectivity index is 1.80. The maximum absolute atomic E-state index is 11.7. The fourth-order valence-corrected chi connectivity index (χ4v) is 1.77. The number of imidazole rings is 1. The molecule has 1 aliphatic heterocycles. The molecule has 0 aromatic carbocycles. The van der Waals surface area contributed by atoms with Crippen LogP contribution >= 0.6 is 0 Å². The molecule has 1 amide bonds. The number of aryl methyl sites for hydroxylation is 1. The third-order valence-corrected chi connectivity index (χ3v) is 2.75. The molecule has 1 aliphatic rings. The topological polar surface area (TPSA) is 78.6 Å². The summed E-state index contributed by atoms with van der Waals surface area (Å²) in [7, 11) is 0. The van der Waals surface area contributed by atoms with Crippen molar-refractivity contribution in [2.24, 2.45) is 0 Å². The van der Waals surface area contributed by atoms with Crippen LogP contribution < -0.4 is 0 Å².